The third-order valence-electron chi connectivity index (χ3n) is 3.15. The van der Waals surface area contributed by atoms with Gasteiger partial charge < -0.3 is 15.1 Å². The molecule has 6 heteroatoms. The zero-order valence-electron chi connectivity index (χ0n) is 9.30. The molecule has 0 saturated carbocycles. The van der Waals surface area contributed by atoms with Gasteiger partial charge in [-0.3, -0.25) is 0 Å². The second-order valence-electron chi connectivity index (χ2n) is 4.39. The molecular weight excluding hydrogens is 223 g/mol. The number of halogens is 3. The smallest absolute Gasteiger partial charge is 0.392 e. The minimum Gasteiger partial charge on any atom is -0.392 e. The Bertz CT molecular complexity index is 225. The van der Waals surface area contributed by atoms with Crippen LogP contribution in [-0.4, -0.2) is 52.6 Å². The second kappa shape index (κ2) is 4.89. The van der Waals surface area contributed by atoms with Crippen LogP contribution in [0.3, 0.4) is 0 Å². The Morgan fingerprint density at radius 3 is 2.19 bits per heavy atom. The fraction of sp³-hybridized carbons (Fsp3) is 1.00. The summed E-state index contributed by atoms with van der Waals surface area (Å²) in [5.41, 5.74) is -2.54. The molecule has 1 atom stereocenters. The van der Waals surface area contributed by atoms with E-state index in [0.29, 0.717) is 13.0 Å². The maximum absolute atomic E-state index is 12.5. The molecule has 0 bridgehead atoms. The molecule has 1 unspecified atom stereocenters. The Kier molecular flexibility index (Phi) is 4.20. The van der Waals surface area contributed by atoms with Crippen molar-refractivity contribution in [2.45, 2.75) is 44.1 Å². The number of likely N-dealkylation sites (tertiary alicyclic amines) is 1. The lowest BCUT2D eigenvalue weighted by atomic mass is 9.90. The number of aliphatic hydroxyl groups is 2. The summed E-state index contributed by atoms with van der Waals surface area (Å²) in [7, 11) is 0. The third-order valence-corrected chi connectivity index (χ3v) is 3.15. The molecule has 1 aliphatic rings. The Labute approximate surface area is 92.9 Å². The monoisotopic (exact) mass is 241 g/mol. The molecule has 0 aromatic carbocycles. The molecule has 3 nitrogen and oxygen atoms in total. The van der Waals surface area contributed by atoms with Crippen LogP contribution in [0.5, 0.6) is 0 Å². The summed E-state index contributed by atoms with van der Waals surface area (Å²) >= 11 is 0. The Balaban J connectivity index is 2.45. The van der Waals surface area contributed by atoms with Gasteiger partial charge in [0.05, 0.1) is 6.10 Å². The summed E-state index contributed by atoms with van der Waals surface area (Å²) in [5.74, 6) is 0. The van der Waals surface area contributed by atoms with Crippen LogP contribution in [0.15, 0.2) is 0 Å². The van der Waals surface area contributed by atoms with Gasteiger partial charge in [-0.1, -0.05) is 6.92 Å². The SMILES string of the molecule is CCC(O)CN1CCC(O)(C(F)(F)F)CC1. The van der Waals surface area contributed by atoms with Crippen molar-refractivity contribution in [1.29, 1.82) is 0 Å². The normalized spacial score (nSPS) is 24.4. The highest BCUT2D eigenvalue weighted by Crippen LogP contribution is 2.38. The molecule has 0 aromatic heterocycles. The van der Waals surface area contributed by atoms with Crippen molar-refractivity contribution in [3.8, 4) is 0 Å². The highest BCUT2D eigenvalue weighted by Gasteiger charge is 2.54. The largest absolute Gasteiger partial charge is 0.417 e. The van der Waals surface area contributed by atoms with E-state index < -0.39 is 17.9 Å². The first kappa shape index (κ1) is 13.7. The minimum absolute atomic E-state index is 0.174. The average Bonchev–Trinajstić information content (AvgIpc) is 2.20. The standard InChI is InChI=1S/C10H18F3NO2/c1-2-8(15)7-14-5-3-9(16,4-6-14)10(11,12)13/h8,15-16H,2-7H2,1H3. The number of aliphatic hydroxyl groups excluding tert-OH is 1. The molecule has 2 N–H and O–H groups in total. The highest BCUT2D eigenvalue weighted by molar-refractivity contribution is 4.92. The fourth-order valence-electron chi connectivity index (χ4n) is 1.82. The Hall–Kier alpha value is -0.330. The van der Waals surface area contributed by atoms with E-state index in [0.717, 1.165) is 0 Å². The summed E-state index contributed by atoms with van der Waals surface area (Å²) in [6, 6.07) is 0. The van der Waals surface area contributed by atoms with Crippen LogP contribution < -0.4 is 0 Å². The summed E-state index contributed by atoms with van der Waals surface area (Å²) in [4.78, 5) is 1.76. The van der Waals surface area contributed by atoms with Crippen molar-refractivity contribution in [1.82, 2.24) is 4.90 Å². The summed E-state index contributed by atoms with van der Waals surface area (Å²) < 4.78 is 37.4. The summed E-state index contributed by atoms with van der Waals surface area (Å²) in [6.45, 7) is 2.55. The molecule has 0 aromatic rings. The predicted octanol–water partition coefficient (Wildman–Crippen LogP) is 1.15. The third kappa shape index (κ3) is 3.09. The number of hydrogen-bond donors (Lipinski definition) is 2. The van der Waals surface area contributed by atoms with Gasteiger partial charge in [-0.15, -0.1) is 0 Å². The lowest BCUT2D eigenvalue weighted by Crippen LogP contribution is -2.54. The number of β-amino-alcohol motifs (C(OH)–C–C–N with tert-alkyl or cyclic N) is 1. The predicted molar refractivity (Wildman–Crippen MR) is 53.0 cm³/mol. The maximum atomic E-state index is 12.5. The van der Waals surface area contributed by atoms with Crippen molar-refractivity contribution >= 4 is 0 Å². The van der Waals surface area contributed by atoms with E-state index in [1.165, 1.54) is 0 Å². The van der Waals surface area contributed by atoms with Crippen LogP contribution in [0.2, 0.25) is 0 Å². The van der Waals surface area contributed by atoms with E-state index in [4.69, 9.17) is 0 Å². The lowest BCUT2D eigenvalue weighted by molar-refractivity contribution is -0.273. The van der Waals surface area contributed by atoms with E-state index in [-0.39, 0.29) is 25.9 Å². The van der Waals surface area contributed by atoms with Gasteiger partial charge in [0.25, 0.3) is 0 Å². The summed E-state index contributed by atoms with van der Waals surface area (Å²) in [5, 5.41) is 18.8. The van der Waals surface area contributed by atoms with Gasteiger partial charge in [0, 0.05) is 19.6 Å². The van der Waals surface area contributed by atoms with Crippen molar-refractivity contribution in [3.05, 3.63) is 0 Å². The van der Waals surface area contributed by atoms with Gasteiger partial charge in [0.15, 0.2) is 5.60 Å². The number of hydrogen-bond acceptors (Lipinski definition) is 3. The van der Waals surface area contributed by atoms with E-state index in [1.807, 2.05) is 6.92 Å². The molecule has 0 aliphatic carbocycles. The molecule has 0 spiro atoms. The average molecular weight is 241 g/mol. The highest BCUT2D eigenvalue weighted by atomic mass is 19.4. The van der Waals surface area contributed by atoms with E-state index in [9.17, 15) is 23.4 Å². The number of nitrogens with zero attached hydrogens (tertiary/aromatic N) is 1. The van der Waals surface area contributed by atoms with Crippen molar-refractivity contribution < 1.29 is 23.4 Å². The zero-order chi connectivity index (χ0) is 12.4. The van der Waals surface area contributed by atoms with Gasteiger partial charge in [0.2, 0.25) is 0 Å². The first-order valence-corrected chi connectivity index (χ1v) is 5.48. The van der Waals surface area contributed by atoms with E-state index in [2.05, 4.69) is 0 Å². The number of alkyl halides is 3. The molecular formula is C10H18F3NO2. The fourth-order valence-corrected chi connectivity index (χ4v) is 1.82. The zero-order valence-corrected chi connectivity index (χ0v) is 9.30. The molecule has 1 heterocycles. The Morgan fingerprint density at radius 1 is 1.31 bits per heavy atom. The molecule has 1 aliphatic heterocycles. The van der Waals surface area contributed by atoms with Crippen LogP contribution in [0, 0.1) is 0 Å². The number of rotatable bonds is 3. The van der Waals surface area contributed by atoms with Crippen LogP contribution in [0.4, 0.5) is 13.2 Å². The lowest BCUT2D eigenvalue weighted by Gasteiger charge is -2.39. The summed E-state index contributed by atoms with van der Waals surface area (Å²) in [6.07, 6.45) is -5.10. The topological polar surface area (TPSA) is 43.7 Å². The molecule has 1 fully saturated rings. The van der Waals surface area contributed by atoms with Crippen molar-refractivity contribution in [3.63, 3.8) is 0 Å². The van der Waals surface area contributed by atoms with Crippen LogP contribution in [0.1, 0.15) is 26.2 Å². The van der Waals surface area contributed by atoms with Gasteiger partial charge in [-0.25, -0.2) is 0 Å². The quantitative estimate of drug-likeness (QED) is 0.779. The van der Waals surface area contributed by atoms with Gasteiger partial charge in [-0.05, 0) is 19.3 Å². The first-order chi connectivity index (χ1) is 7.28. The number of piperidine rings is 1. The first-order valence-electron chi connectivity index (χ1n) is 5.48. The van der Waals surface area contributed by atoms with Crippen LogP contribution in [0.25, 0.3) is 0 Å². The molecule has 0 radical (unpaired) electrons. The molecule has 0 amide bonds. The second-order valence-corrected chi connectivity index (χ2v) is 4.39. The maximum Gasteiger partial charge on any atom is 0.417 e. The van der Waals surface area contributed by atoms with E-state index >= 15 is 0 Å². The molecule has 1 saturated heterocycles. The van der Waals surface area contributed by atoms with E-state index in [1.54, 1.807) is 4.90 Å². The Morgan fingerprint density at radius 2 is 1.81 bits per heavy atom. The van der Waals surface area contributed by atoms with Crippen molar-refractivity contribution in [2.24, 2.45) is 0 Å². The van der Waals surface area contributed by atoms with Crippen LogP contribution >= 0.6 is 0 Å². The minimum atomic E-state index is -4.55. The molecule has 1 rings (SSSR count). The van der Waals surface area contributed by atoms with Gasteiger partial charge >= 0.3 is 6.18 Å². The molecule has 96 valence electrons. The van der Waals surface area contributed by atoms with Crippen molar-refractivity contribution in [2.75, 3.05) is 19.6 Å². The van der Waals surface area contributed by atoms with Crippen LogP contribution in [-0.2, 0) is 0 Å². The van der Waals surface area contributed by atoms with Gasteiger partial charge in [-0.2, -0.15) is 13.2 Å². The molecule has 16 heavy (non-hydrogen) atoms. The van der Waals surface area contributed by atoms with Gasteiger partial charge in [0.1, 0.15) is 0 Å².